The van der Waals surface area contributed by atoms with Crippen LogP contribution < -0.4 is 15.8 Å². The molecule has 0 aliphatic carbocycles. The SMILES string of the molecule is Cc1ccc(C(N)C(=O)NC(C)c2cccc(OC(F)F)c2)cc1.Cl. The van der Waals surface area contributed by atoms with Gasteiger partial charge >= 0.3 is 6.61 Å². The molecule has 25 heavy (non-hydrogen) atoms. The van der Waals surface area contributed by atoms with Crippen LogP contribution in [0, 0.1) is 6.92 Å². The molecule has 0 radical (unpaired) electrons. The third-order valence-electron chi connectivity index (χ3n) is 3.66. The van der Waals surface area contributed by atoms with Crippen LogP contribution in [0.4, 0.5) is 8.78 Å². The molecule has 0 saturated carbocycles. The van der Waals surface area contributed by atoms with E-state index in [4.69, 9.17) is 5.73 Å². The molecule has 0 aliphatic heterocycles. The van der Waals surface area contributed by atoms with E-state index in [-0.39, 0.29) is 24.1 Å². The normalized spacial score (nSPS) is 12.9. The molecule has 4 nitrogen and oxygen atoms in total. The number of nitrogens with one attached hydrogen (secondary N) is 1. The molecule has 0 aromatic heterocycles. The van der Waals surface area contributed by atoms with Gasteiger partial charge in [-0.2, -0.15) is 8.78 Å². The number of carbonyl (C=O) groups is 1. The molecule has 7 heteroatoms. The molecule has 1 amide bonds. The summed E-state index contributed by atoms with van der Waals surface area (Å²) in [5.74, 6) is -0.294. The van der Waals surface area contributed by atoms with Crippen LogP contribution in [0.2, 0.25) is 0 Å². The number of hydrogen-bond donors (Lipinski definition) is 2. The Kier molecular flexibility index (Phi) is 7.80. The van der Waals surface area contributed by atoms with E-state index < -0.39 is 18.7 Å². The lowest BCUT2D eigenvalue weighted by atomic mass is 10.0. The van der Waals surface area contributed by atoms with Gasteiger partial charge in [-0.15, -0.1) is 12.4 Å². The second-order valence-corrected chi connectivity index (χ2v) is 5.57. The molecule has 0 heterocycles. The maximum absolute atomic E-state index is 12.3. The van der Waals surface area contributed by atoms with E-state index in [1.54, 1.807) is 31.2 Å². The van der Waals surface area contributed by atoms with Crippen LogP contribution in [-0.2, 0) is 4.79 Å². The zero-order valence-corrected chi connectivity index (χ0v) is 14.7. The minimum absolute atomic E-state index is 0. The molecule has 2 rings (SSSR count). The molecule has 2 atom stereocenters. The number of rotatable bonds is 6. The molecule has 0 spiro atoms. The molecule has 136 valence electrons. The van der Waals surface area contributed by atoms with E-state index in [1.165, 1.54) is 12.1 Å². The standard InChI is InChI=1S/C18H20F2N2O2.ClH/c1-11-6-8-13(9-7-11)16(21)17(23)22-12(2)14-4-3-5-15(10-14)24-18(19)20;/h3-10,12,16,18H,21H2,1-2H3,(H,22,23);1H. The van der Waals surface area contributed by atoms with Crippen molar-refractivity contribution >= 4 is 18.3 Å². The number of hydrogen-bond acceptors (Lipinski definition) is 3. The van der Waals surface area contributed by atoms with E-state index in [0.717, 1.165) is 5.56 Å². The Labute approximate surface area is 151 Å². The quantitative estimate of drug-likeness (QED) is 0.810. The predicted molar refractivity (Wildman–Crippen MR) is 95.0 cm³/mol. The Bertz CT molecular complexity index is 696. The van der Waals surface area contributed by atoms with E-state index >= 15 is 0 Å². The fourth-order valence-corrected chi connectivity index (χ4v) is 2.27. The fourth-order valence-electron chi connectivity index (χ4n) is 2.27. The summed E-state index contributed by atoms with van der Waals surface area (Å²) in [4.78, 5) is 12.3. The molecular weight excluding hydrogens is 350 g/mol. The van der Waals surface area contributed by atoms with Gasteiger partial charge < -0.3 is 15.8 Å². The first-order valence-corrected chi connectivity index (χ1v) is 7.54. The highest BCUT2D eigenvalue weighted by Crippen LogP contribution is 2.21. The highest BCUT2D eigenvalue weighted by atomic mass is 35.5. The van der Waals surface area contributed by atoms with Crippen molar-refractivity contribution in [3.63, 3.8) is 0 Å². The number of ether oxygens (including phenoxy) is 1. The number of nitrogens with two attached hydrogens (primary N) is 1. The summed E-state index contributed by atoms with van der Waals surface area (Å²) in [7, 11) is 0. The molecule has 0 bridgehead atoms. The van der Waals surface area contributed by atoms with Gasteiger partial charge in [0.1, 0.15) is 11.8 Å². The molecule has 2 aromatic rings. The highest BCUT2D eigenvalue weighted by Gasteiger charge is 2.18. The lowest BCUT2D eigenvalue weighted by molar-refractivity contribution is -0.123. The summed E-state index contributed by atoms with van der Waals surface area (Å²) in [5, 5.41) is 2.78. The molecule has 0 fully saturated rings. The van der Waals surface area contributed by atoms with Gasteiger partial charge in [-0.05, 0) is 37.1 Å². The first-order valence-electron chi connectivity index (χ1n) is 7.54. The van der Waals surface area contributed by atoms with E-state index in [2.05, 4.69) is 10.1 Å². The third-order valence-corrected chi connectivity index (χ3v) is 3.66. The summed E-state index contributed by atoms with van der Waals surface area (Å²) in [5.41, 5.74) is 8.41. The number of carbonyl (C=O) groups excluding carboxylic acids is 1. The van der Waals surface area contributed by atoms with Crippen molar-refractivity contribution in [2.45, 2.75) is 32.5 Å². The Morgan fingerprint density at radius 2 is 1.76 bits per heavy atom. The smallest absolute Gasteiger partial charge is 0.387 e. The first kappa shape index (κ1) is 20.9. The Hall–Kier alpha value is -2.18. The molecule has 3 N–H and O–H groups in total. The minimum atomic E-state index is -2.89. The summed E-state index contributed by atoms with van der Waals surface area (Å²) < 4.78 is 28.9. The van der Waals surface area contributed by atoms with Crippen LogP contribution in [0.1, 0.15) is 35.7 Å². The molecular formula is C18H21ClF2N2O2. The van der Waals surface area contributed by atoms with Crippen molar-refractivity contribution in [1.82, 2.24) is 5.32 Å². The number of aryl methyl sites for hydroxylation is 1. The third kappa shape index (κ3) is 5.99. The second-order valence-electron chi connectivity index (χ2n) is 5.57. The number of amides is 1. The van der Waals surface area contributed by atoms with Crippen molar-refractivity contribution in [3.8, 4) is 5.75 Å². The Morgan fingerprint density at radius 3 is 2.36 bits per heavy atom. The second kappa shape index (κ2) is 9.34. The van der Waals surface area contributed by atoms with Gasteiger partial charge in [-0.25, -0.2) is 0 Å². The summed E-state index contributed by atoms with van der Waals surface area (Å²) in [6.45, 7) is 0.813. The van der Waals surface area contributed by atoms with Crippen LogP contribution >= 0.6 is 12.4 Å². The molecule has 0 saturated heterocycles. The average Bonchev–Trinajstić information content (AvgIpc) is 2.54. The molecule has 0 aliphatic rings. The van der Waals surface area contributed by atoms with Crippen LogP contribution in [0.15, 0.2) is 48.5 Å². The van der Waals surface area contributed by atoms with Crippen molar-refractivity contribution in [2.24, 2.45) is 5.73 Å². The average molecular weight is 371 g/mol. The lowest BCUT2D eigenvalue weighted by Gasteiger charge is -2.19. The monoisotopic (exact) mass is 370 g/mol. The van der Waals surface area contributed by atoms with Crippen LogP contribution in [0.5, 0.6) is 5.75 Å². The van der Waals surface area contributed by atoms with Crippen molar-refractivity contribution < 1.29 is 18.3 Å². The number of halogens is 3. The molecule has 2 unspecified atom stereocenters. The van der Waals surface area contributed by atoms with Crippen molar-refractivity contribution in [2.75, 3.05) is 0 Å². The van der Waals surface area contributed by atoms with E-state index in [1.807, 2.05) is 19.1 Å². The van der Waals surface area contributed by atoms with Crippen LogP contribution in [-0.4, -0.2) is 12.5 Å². The highest BCUT2D eigenvalue weighted by molar-refractivity contribution is 5.85. The van der Waals surface area contributed by atoms with Gasteiger partial charge in [0.25, 0.3) is 0 Å². The molecule has 2 aromatic carbocycles. The predicted octanol–water partition coefficient (Wildman–Crippen LogP) is 3.90. The van der Waals surface area contributed by atoms with E-state index in [9.17, 15) is 13.6 Å². The van der Waals surface area contributed by atoms with Gasteiger partial charge in [0.15, 0.2) is 0 Å². The largest absolute Gasteiger partial charge is 0.435 e. The Morgan fingerprint density at radius 1 is 1.12 bits per heavy atom. The van der Waals surface area contributed by atoms with Crippen LogP contribution in [0.25, 0.3) is 0 Å². The fraction of sp³-hybridized carbons (Fsp3) is 0.278. The van der Waals surface area contributed by atoms with E-state index in [0.29, 0.717) is 11.1 Å². The maximum Gasteiger partial charge on any atom is 0.387 e. The van der Waals surface area contributed by atoms with Crippen LogP contribution in [0.3, 0.4) is 0 Å². The van der Waals surface area contributed by atoms with Gasteiger partial charge in [0.2, 0.25) is 5.91 Å². The maximum atomic E-state index is 12.3. The Balaban J connectivity index is 0.00000312. The zero-order valence-electron chi connectivity index (χ0n) is 13.9. The van der Waals surface area contributed by atoms with Gasteiger partial charge in [-0.3, -0.25) is 4.79 Å². The van der Waals surface area contributed by atoms with Gasteiger partial charge in [0.05, 0.1) is 6.04 Å². The van der Waals surface area contributed by atoms with Crippen molar-refractivity contribution in [1.29, 1.82) is 0 Å². The lowest BCUT2D eigenvalue weighted by Crippen LogP contribution is -2.35. The van der Waals surface area contributed by atoms with Gasteiger partial charge in [-0.1, -0.05) is 42.0 Å². The minimum Gasteiger partial charge on any atom is -0.435 e. The summed E-state index contributed by atoms with van der Waals surface area (Å²) >= 11 is 0. The summed E-state index contributed by atoms with van der Waals surface area (Å²) in [6, 6.07) is 12.4. The number of benzene rings is 2. The number of alkyl halides is 2. The van der Waals surface area contributed by atoms with Gasteiger partial charge in [0, 0.05) is 0 Å². The van der Waals surface area contributed by atoms with Crippen molar-refractivity contribution in [3.05, 3.63) is 65.2 Å². The zero-order chi connectivity index (χ0) is 17.7. The first-order chi connectivity index (χ1) is 11.4. The topological polar surface area (TPSA) is 64.4 Å². The summed E-state index contributed by atoms with van der Waals surface area (Å²) in [6.07, 6.45) is 0.